The van der Waals surface area contributed by atoms with Crippen LogP contribution in [0.2, 0.25) is 0 Å². The van der Waals surface area contributed by atoms with Crippen LogP contribution >= 0.6 is 0 Å². The first-order valence-electron chi connectivity index (χ1n) is 6.64. The van der Waals surface area contributed by atoms with Crippen LogP contribution < -0.4 is 10.2 Å². The van der Waals surface area contributed by atoms with Gasteiger partial charge in [0.25, 0.3) is 11.8 Å². The van der Waals surface area contributed by atoms with E-state index in [4.69, 9.17) is 0 Å². The molecule has 0 saturated carbocycles. The van der Waals surface area contributed by atoms with Gasteiger partial charge in [-0.15, -0.1) is 0 Å². The third kappa shape index (κ3) is 2.56. The molecule has 4 nitrogen and oxygen atoms in total. The summed E-state index contributed by atoms with van der Waals surface area (Å²) >= 11 is 0. The van der Waals surface area contributed by atoms with Gasteiger partial charge in [-0.2, -0.15) is 0 Å². The van der Waals surface area contributed by atoms with Gasteiger partial charge in [0.05, 0.1) is 5.69 Å². The van der Waals surface area contributed by atoms with Crippen molar-refractivity contribution < 1.29 is 9.59 Å². The summed E-state index contributed by atoms with van der Waals surface area (Å²) < 4.78 is 0. The molecule has 0 bridgehead atoms. The summed E-state index contributed by atoms with van der Waals surface area (Å²) in [5.41, 5.74) is 2.73. The monoisotopic (exact) mass is 278 g/mol. The van der Waals surface area contributed by atoms with Crippen LogP contribution in [0.5, 0.6) is 0 Å². The fraction of sp³-hybridized carbons (Fsp3) is 0.0588. The third-order valence-corrected chi connectivity index (χ3v) is 3.23. The van der Waals surface area contributed by atoms with Crippen molar-refractivity contribution in [2.75, 3.05) is 10.2 Å². The van der Waals surface area contributed by atoms with Gasteiger partial charge < -0.3 is 5.32 Å². The van der Waals surface area contributed by atoms with Gasteiger partial charge in [0, 0.05) is 11.8 Å². The molecule has 2 aromatic rings. The molecule has 0 saturated heterocycles. The van der Waals surface area contributed by atoms with E-state index in [0.717, 1.165) is 16.2 Å². The normalized spacial score (nSPS) is 14.3. The lowest BCUT2D eigenvalue weighted by Crippen LogP contribution is -2.31. The molecule has 0 fully saturated rings. The highest BCUT2D eigenvalue weighted by Gasteiger charge is 2.32. The van der Waals surface area contributed by atoms with Crippen molar-refractivity contribution in [3.05, 3.63) is 71.9 Å². The minimum absolute atomic E-state index is 0.287. The molecule has 4 heteroatoms. The Kier molecular flexibility index (Phi) is 3.28. The van der Waals surface area contributed by atoms with Crippen molar-refractivity contribution in [1.29, 1.82) is 0 Å². The molecule has 3 rings (SSSR count). The number of anilines is 2. The van der Waals surface area contributed by atoms with E-state index in [1.807, 2.05) is 37.3 Å². The minimum Gasteiger partial charge on any atom is -0.351 e. The van der Waals surface area contributed by atoms with Crippen LogP contribution in [0.25, 0.3) is 0 Å². The number of hydrogen-bond donors (Lipinski definition) is 1. The smallest absolute Gasteiger partial charge is 0.281 e. The maximum absolute atomic E-state index is 12.4. The average Bonchev–Trinajstić information content (AvgIpc) is 2.74. The molecule has 0 aromatic heterocycles. The maximum atomic E-state index is 12.4. The number of para-hydroxylation sites is 1. The SMILES string of the molecule is Cc1cccc(NC2=CC(=O)N(c3ccccc3)C2=O)c1. The van der Waals surface area contributed by atoms with Gasteiger partial charge in [0.15, 0.2) is 0 Å². The molecule has 1 N–H and O–H groups in total. The van der Waals surface area contributed by atoms with Crippen molar-refractivity contribution in [2.24, 2.45) is 0 Å². The Bertz CT molecular complexity index is 735. The molecule has 0 atom stereocenters. The molecule has 21 heavy (non-hydrogen) atoms. The Labute approximate surface area is 122 Å². The number of hydrogen-bond acceptors (Lipinski definition) is 3. The van der Waals surface area contributed by atoms with Crippen molar-refractivity contribution in [3.8, 4) is 0 Å². The third-order valence-electron chi connectivity index (χ3n) is 3.23. The molecule has 104 valence electrons. The number of benzene rings is 2. The van der Waals surface area contributed by atoms with Gasteiger partial charge in [-0.3, -0.25) is 9.59 Å². The highest BCUT2D eigenvalue weighted by Crippen LogP contribution is 2.23. The highest BCUT2D eigenvalue weighted by atomic mass is 16.2. The van der Waals surface area contributed by atoms with Crippen molar-refractivity contribution >= 4 is 23.2 Å². The second-order valence-corrected chi connectivity index (χ2v) is 4.87. The Morgan fingerprint density at radius 1 is 0.952 bits per heavy atom. The van der Waals surface area contributed by atoms with E-state index in [0.29, 0.717) is 5.69 Å². The van der Waals surface area contributed by atoms with Crippen molar-refractivity contribution in [3.63, 3.8) is 0 Å². The molecule has 2 amide bonds. The van der Waals surface area contributed by atoms with E-state index >= 15 is 0 Å². The van der Waals surface area contributed by atoms with Crippen LogP contribution in [0.15, 0.2) is 66.4 Å². The van der Waals surface area contributed by atoms with Gasteiger partial charge in [-0.25, -0.2) is 4.90 Å². The molecule has 0 spiro atoms. The topological polar surface area (TPSA) is 49.4 Å². The number of imide groups is 1. The zero-order valence-electron chi connectivity index (χ0n) is 11.5. The van der Waals surface area contributed by atoms with Gasteiger partial charge in [0.2, 0.25) is 0 Å². The van der Waals surface area contributed by atoms with Gasteiger partial charge >= 0.3 is 0 Å². The second-order valence-electron chi connectivity index (χ2n) is 4.87. The zero-order chi connectivity index (χ0) is 14.8. The Balaban J connectivity index is 1.84. The van der Waals surface area contributed by atoms with Gasteiger partial charge in [0.1, 0.15) is 5.70 Å². The zero-order valence-corrected chi connectivity index (χ0v) is 11.5. The number of aryl methyl sites for hydroxylation is 1. The minimum atomic E-state index is -0.340. The summed E-state index contributed by atoms with van der Waals surface area (Å²) in [7, 11) is 0. The first-order valence-corrected chi connectivity index (χ1v) is 6.64. The fourth-order valence-electron chi connectivity index (χ4n) is 2.26. The lowest BCUT2D eigenvalue weighted by Gasteiger charge is -2.15. The molecule has 1 heterocycles. The molecular weight excluding hydrogens is 264 g/mol. The van der Waals surface area contributed by atoms with Crippen LogP contribution in [0, 0.1) is 6.92 Å². The van der Waals surface area contributed by atoms with Crippen molar-refractivity contribution in [1.82, 2.24) is 0 Å². The molecule has 0 radical (unpaired) electrons. The molecule has 0 unspecified atom stereocenters. The first kappa shape index (κ1) is 13.1. The molecular formula is C17H14N2O2. The number of nitrogens with zero attached hydrogens (tertiary/aromatic N) is 1. The van der Waals surface area contributed by atoms with Crippen LogP contribution in [0.1, 0.15) is 5.56 Å². The summed E-state index contributed by atoms with van der Waals surface area (Å²) in [6, 6.07) is 16.5. The van der Waals surface area contributed by atoms with Gasteiger partial charge in [-0.05, 0) is 36.8 Å². The quantitative estimate of drug-likeness (QED) is 0.878. The standard InChI is InChI=1S/C17H14N2O2/c1-12-6-5-7-13(10-12)18-15-11-16(20)19(17(15)21)14-8-3-2-4-9-14/h2-11,18H,1H3. The number of carbonyl (C=O) groups excluding carboxylic acids is 2. The van der Waals surface area contributed by atoms with Crippen LogP contribution in [0.4, 0.5) is 11.4 Å². The van der Waals surface area contributed by atoms with E-state index in [1.165, 1.54) is 6.08 Å². The number of carbonyl (C=O) groups is 2. The second kappa shape index (κ2) is 5.25. The van der Waals surface area contributed by atoms with E-state index in [2.05, 4.69) is 5.32 Å². The molecule has 0 aliphatic carbocycles. The number of rotatable bonds is 3. The van der Waals surface area contributed by atoms with Crippen LogP contribution in [0.3, 0.4) is 0 Å². The summed E-state index contributed by atoms with van der Waals surface area (Å²) in [5.74, 6) is -0.672. The molecule has 1 aliphatic heterocycles. The summed E-state index contributed by atoms with van der Waals surface area (Å²) in [6.45, 7) is 1.97. The van der Waals surface area contributed by atoms with E-state index in [1.54, 1.807) is 24.3 Å². The molecule has 1 aliphatic rings. The number of nitrogens with one attached hydrogen (secondary N) is 1. The van der Waals surface area contributed by atoms with E-state index in [9.17, 15) is 9.59 Å². The van der Waals surface area contributed by atoms with Gasteiger partial charge in [-0.1, -0.05) is 30.3 Å². The summed E-state index contributed by atoms with van der Waals surface area (Å²) in [6.07, 6.45) is 1.33. The van der Waals surface area contributed by atoms with Crippen LogP contribution in [-0.2, 0) is 9.59 Å². The predicted octanol–water partition coefficient (Wildman–Crippen LogP) is 2.86. The van der Waals surface area contributed by atoms with Crippen LogP contribution in [-0.4, -0.2) is 11.8 Å². The fourth-order valence-corrected chi connectivity index (χ4v) is 2.26. The molecule has 2 aromatic carbocycles. The Morgan fingerprint density at radius 2 is 1.71 bits per heavy atom. The average molecular weight is 278 g/mol. The van der Waals surface area contributed by atoms with Crippen molar-refractivity contribution in [2.45, 2.75) is 6.92 Å². The first-order chi connectivity index (χ1) is 10.1. The Hall–Kier alpha value is -2.88. The predicted molar refractivity (Wildman–Crippen MR) is 81.8 cm³/mol. The summed E-state index contributed by atoms with van der Waals surface area (Å²) in [5, 5.41) is 3.01. The lowest BCUT2D eigenvalue weighted by atomic mass is 10.2. The van der Waals surface area contributed by atoms with E-state index < -0.39 is 0 Å². The van der Waals surface area contributed by atoms with E-state index in [-0.39, 0.29) is 17.5 Å². The maximum Gasteiger partial charge on any atom is 0.281 e. The largest absolute Gasteiger partial charge is 0.351 e. The lowest BCUT2D eigenvalue weighted by molar-refractivity contribution is -0.120. The highest BCUT2D eigenvalue weighted by molar-refractivity contribution is 6.31. The number of amides is 2. The summed E-state index contributed by atoms with van der Waals surface area (Å²) in [4.78, 5) is 25.6. The Morgan fingerprint density at radius 3 is 2.43 bits per heavy atom.